The van der Waals surface area contributed by atoms with Crippen LogP contribution in [0.1, 0.15) is 13.8 Å². The standard InChI is InChI=1S/C12H19NO2/c1-10(11(2)14)13-8-9-15-12-6-4-3-5-7-12/h3-7,10-11,13-14H,8-9H2,1-2H3. The van der Waals surface area contributed by atoms with Gasteiger partial charge >= 0.3 is 0 Å². The lowest BCUT2D eigenvalue weighted by Gasteiger charge is -2.16. The van der Waals surface area contributed by atoms with Crippen molar-refractivity contribution >= 4 is 0 Å². The fourth-order valence-corrected chi connectivity index (χ4v) is 1.14. The van der Waals surface area contributed by atoms with E-state index in [1.165, 1.54) is 0 Å². The van der Waals surface area contributed by atoms with E-state index in [-0.39, 0.29) is 12.1 Å². The van der Waals surface area contributed by atoms with E-state index in [2.05, 4.69) is 5.32 Å². The van der Waals surface area contributed by atoms with Gasteiger partial charge in [0, 0.05) is 12.6 Å². The molecule has 0 aromatic heterocycles. The van der Waals surface area contributed by atoms with Crippen molar-refractivity contribution in [1.82, 2.24) is 5.32 Å². The van der Waals surface area contributed by atoms with Crippen LogP contribution in [0, 0.1) is 0 Å². The summed E-state index contributed by atoms with van der Waals surface area (Å²) in [5, 5.41) is 12.4. The maximum absolute atomic E-state index is 9.23. The molecule has 0 heterocycles. The third-order valence-corrected chi connectivity index (χ3v) is 2.30. The minimum atomic E-state index is -0.332. The quantitative estimate of drug-likeness (QED) is 0.696. The molecular formula is C12H19NO2. The van der Waals surface area contributed by atoms with Gasteiger partial charge in [0.2, 0.25) is 0 Å². The van der Waals surface area contributed by atoms with Crippen molar-refractivity contribution in [2.75, 3.05) is 13.2 Å². The Hall–Kier alpha value is -1.06. The summed E-state index contributed by atoms with van der Waals surface area (Å²) in [5.41, 5.74) is 0. The Labute approximate surface area is 91.1 Å². The Morgan fingerprint density at radius 2 is 1.93 bits per heavy atom. The second-order valence-electron chi connectivity index (χ2n) is 3.64. The average molecular weight is 209 g/mol. The summed E-state index contributed by atoms with van der Waals surface area (Å²) in [6.07, 6.45) is -0.332. The number of nitrogens with one attached hydrogen (secondary N) is 1. The van der Waals surface area contributed by atoms with Crippen molar-refractivity contribution in [3.63, 3.8) is 0 Å². The number of ether oxygens (including phenoxy) is 1. The van der Waals surface area contributed by atoms with Crippen molar-refractivity contribution in [2.24, 2.45) is 0 Å². The van der Waals surface area contributed by atoms with Crippen LogP contribution in [0.2, 0.25) is 0 Å². The Morgan fingerprint density at radius 1 is 1.27 bits per heavy atom. The Kier molecular flexibility index (Phi) is 5.15. The largest absolute Gasteiger partial charge is 0.492 e. The van der Waals surface area contributed by atoms with Crippen LogP contribution in [0.3, 0.4) is 0 Å². The second-order valence-corrected chi connectivity index (χ2v) is 3.64. The number of benzene rings is 1. The molecule has 1 rings (SSSR count). The third-order valence-electron chi connectivity index (χ3n) is 2.30. The molecule has 0 aliphatic rings. The zero-order chi connectivity index (χ0) is 11.1. The number of aliphatic hydroxyl groups excluding tert-OH is 1. The van der Waals surface area contributed by atoms with Crippen LogP contribution in [0.5, 0.6) is 5.75 Å². The minimum absolute atomic E-state index is 0.101. The van der Waals surface area contributed by atoms with E-state index in [9.17, 15) is 5.11 Å². The van der Waals surface area contributed by atoms with Gasteiger partial charge in [0.1, 0.15) is 12.4 Å². The van der Waals surface area contributed by atoms with Crippen molar-refractivity contribution in [3.05, 3.63) is 30.3 Å². The molecule has 3 nitrogen and oxygen atoms in total. The van der Waals surface area contributed by atoms with Gasteiger partial charge in [0.05, 0.1) is 6.10 Å². The third kappa shape index (κ3) is 4.81. The minimum Gasteiger partial charge on any atom is -0.492 e. The normalized spacial score (nSPS) is 14.6. The van der Waals surface area contributed by atoms with E-state index in [0.29, 0.717) is 6.61 Å². The van der Waals surface area contributed by atoms with Crippen LogP contribution in [-0.2, 0) is 0 Å². The molecule has 2 atom stereocenters. The number of rotatable bonds is 6. The summed E-state index contributed by atoms with van der Waals surface area (Å²) >= 11 is 0. The first-order valence-electron chi connectivity index (χ1n) is 5.29. The van der Waals surface area contributed by atoms with Gasteiger partial charge < -0.3 is 15.2 Å². The number of hydrogen-bond donors (Lipinski definition) is 2. The first kappa shape index (κ1) is 12.0. The van der Waals surface area contributed by atoms with Gasteiger partial charge in [-0.15, -0.1) is 0 Å². The summed E-state index contributed by atoms with van der Waals surface area (Å²) in [4.78, 5) is 0. The summed E-state index contributed by atoms with van der Waals surface area (Å²) in [7, 11) is 0. The molecule has 84 valence electrons. The Balaban J connectivity index is 2.12. The summed E-state index contributed by atoms with van der Waals surface area (Å²) in [6, 6.07) is 9.81. The molecule has 0 saturated heterocycles. The maximum atomic E-state index is 9.23. The smallest absolute Gasteiger partial charge is 0.119 e. The molecule has 2 N–H and O–H groups in total. The molecule has 0 radical (unpaired) electrons. The van der Waals surface area contributed by atoms with E-state index < -0.39 is 0 Å². The Morgan fingerprint density at radius 3 is 2.53 bits per heavy atom. The van der Waals surface area contributed by atoms with E-state index in [1.54, 1.807) is 6.92 Å². The number of para-hydroxylation sites is 1. The monoisotopic (exact) mass is 209 g/mol. The summed E-state index contributed by atoms with van der Waals surface area (Å²) < 4.78 is 5.49. The molecule has 0 spiro atoms. The van der Waals surface area contributed by atoms with Crippen molar-refractivity contribution < 1.29 is 9.84 Å². The lowest BCUT2D eigenvalue weighted by Crippen LogP contribution is -2.37. The maximum Gasteiger partial charge on any atom is 0.119 e. The second kappa shape index (κ2) is 6.43. The van der Waals surface area contributed by atoms with E-state index in [4.69, 9.17) is 4.74 Å². The van der Waals surface area contributed by atoms with Gasteiger partial charge in [0.15, 0.2) is 0 Å². The van der Waals surface area contributed by atoms with Crippen molar-refractivity contribution in [1.29, 1.82) is 0 Å². The molecule has 1 aromatic rings. The first-order valence-corrected chi connectivity index (χ1v) is 5.29. The van der Waals surface area contributed by atoms with E-state index >= 15 is 0 Å². The summed E-state index contributed by atoms with van der Waals surface area (Å²) in [5.74, 6) is 0.879. The predicted molar refractivity (Wildman–Crippen MR) is 61.1 cm³/mol. The number of hydrogen-bond acceptors (Lipinski definition) is 3. The highest BCUT2D eigenvalue weighted by Gasteiger charge is 2.06. The molecule has 0 saturated carbocycles. The van der Waals surface area contributed by atoms with Crippen LogP contribution in [0.15, 0.2) is 30.3 Å². The van der Waals surface area contributed by atoms with E-state index in [1.807, 2.05) is 37.3 Å². The van der Waals surface area contributed by atoms with Crippen molar-refractivity contribution in [3.8, 4) is 5.75 Å². The van der Waals surface area contributed by atoms with Crippen LogP contribution < -0.4 is 10.1 Å². The topological polar surface area (TPSA) is 41.5 Å². The molecule has 0 amide bonds. The van der Waals surface area contributed by atoms with Crippen LogP contribution in [-0.4, -0.2) is 30.4 Å². The molecule has 3 heteroatoms. The van der Waals surface area contributed by atoms with Gasteiger partial charge in [0.25, 0.3) is 0 Å². The van der Waals surface area contributed by atoms with Gasteiger partial charge in [-0.3, -0.25) is 0 Å². The molecular weight excluding hydrogens is 190 g/mol. The van der Waals surface area contributed by atoms with Crippen molar-refractivity contribution in [2.45, 2.75) is 26.0 Å². The molecule has 15 heavy (non-hydrogen) atoms. The van der Waals surface area contributed by atoms with Crippen LogP contribution in [0.25, 0.3) is 0 Å². The van der Waals surface area contributed by atoms with Gasteiger partial charge in [-0.2, -0.15) is 0 Å². The molecule has 0 bridgehead atoms. The molecule has 2 unspecified atom stereocenters. The Bertz CT molecular complexity index is 262. The highest BCUT2D eigenvalue weighted by atomic mass is 16.5. The fraction of sp³-hybridized carbons (Fsp3) is 0.500. The van der Waals surface area contributed by atoms with Crippen LogP contribution in [0.4, 0.5) is 0 Å². The number of aliphatic hydroxyl groups is 1. The molecule has 0 aliphatic carbocycles. The molecule has 1 aromatic carbocycles. The lowest BCUT2D eigenvalue weighted by atomic mass is 10.2. The highest BCUT2D eigenvalue weighted by molar-refractivity contribution is 5.20. The van der Waals surface area contributed by atoms with Gasteiger partial charge in [-0.1, -0.05) is 18.2 Å². The zero-order valence-electron chi connectivity index (χ0n) is 9.31. The SMILES string of the molecule is CC(O)C(C)NCCOc1ccccc1. The fourth-order valence-electron chi connectivity index (χ4n) is 1.14. The van der Waals surface area contributed by atoms with Gasteiger partial charge in [-0.05, 0) is 26.0 Å². The molecule has 0 aliphatic heterocycles. The first-order chi connectivity index (χ1) is 7.20. The van der Waals surface area contributed by atoms with Gasteiger partial charge in [-0.25, -0.2) is 0 Å². The predicted octanol–water partition coefficient (Wildman–Crippen LogP) is 1.42. The molecule has 0 fully saturated rings. The van der Waals surface area contributed by atoms with E-state index in [0.717, 1.165) is 12.3 Å². The summed E-state index contributed by atoms with van der Waals surface area (Å²) in [6.45, 7) is 5.07. The van der Waals surface area contributed by atoms with Crippen LogP contribution >= 0.6 is 0 Å². The lowest BCUT2D eigenvalue weighted by molar-refractivity contribution is 0.149. The zero-order valence-corrected chi connectivity index (χ0v) is 9.31. The average Bonchev–Trinajstić information content (AvgIpc) is 2.25. The highest BCUT2D eigenvalue weighted by Crippen LogP contribution is 2.07.